The van der Waals surface area contributed by atoms with E-state index in [2.05, 4.69) is 15.0 Å². The number of hydrogen-bond acceptors (Lipinski definition) is 6. The normalized spacial score (nSPS) is 15.6. The first-order valence-corrected chi connectivity index (χ1v) is 13.5. The topological polar surface area (TPSA) is 119 Å². The average molecular weight is 522 g/mol. The Morgan fingerprint density at radius 1 is 1.08 bits per heavy atom. The van der Waals surface area contributed by atoms with Crippen LogP contribution in [0.3, 0.4) is 0 Å². The predicted molar refractivity (Wildman–Crippen MR) is 147 cm³/mol. The van der Waals surface area contributed by atoms with Crippen molar-refractivity contribution in [3.8, 4) is 0 Å². The highest BCUT2D eigenvalue weighted by Gasteiger charge is 2.43. The van der Waals surface area contributed by atoms with Crippen LogP contribution in [0.4, 0.5) is 11.6 Å². The summed E-state index contributed by atoms with van der Waals surface area (Å²) < 4.78 is 21.1. The molecule has 1 saturated heterocycles. The number of nitrogens with two attached hydrogens (primary N) is 1. The fourth-order valence-corrected chi connectivity index (χ4v) is 5.02. The van der Waals surface area contributed by atoms with E-state index < -0.39 is 16.5 Å². The summed E-state index contributed by atoms with van der Waals surface area (Å²) in [6.45, 7) is 8.81. The molecule has 3 aromatic rings. The Labute approximate surface area is 221 Å². The molecule has 1 aromatic heterocycles. The highest BCUT2D eigenvalue weighted by Crippen LogP contribution is 2.32. The second-order valence-corrected chi connectivity index (χ2v) is 12.5. The van der Waals surface area contributed by atoms with Crippen LogP contribution in [0.1, 0.15) is 48.7 Å². The molecule has 8 nitrogen and oxygen atoms in total. The molecule has 0 bridgehead atoms. The summed E-state index contributed by atoms with van der Waals surface area (Å²) in [5.74, 6) is 0.185. The maximum Gasteiger partial charge on any atom is 0.227 e. The molecule has 0 saturated carbocycles. The van der Waals surface area contributed by atoms with Gasteiger partial charge in [0.2, 0.25) is 11.9 Å². The molecule has 2 heterocycles. The fraction of sp³-hybridized carbons (Fsp3) is 0.393. The molecule has 9 heteroatoms. The van der Waals surface area contributed by atoms with Crippen LogP contribution in [0.5, 0.6) is 0 Å². The Balaban J connectivity index is 1.44. The Bertz CT molecular complexity index is 1280. The highest BCUT2D eigenvalue weighted by molar-refractivity contribution is 7.84. The monoisotopic (exact) mass is 521 g/mol. The van der Waals surface area contributed by atoms with E-state index >= 15 is 0 Å². The third-order valence-corrected chi connectivity index (χ3v) is 8.11. The van der Waals surface area contributed by atoms with Crippen LogP contribution in [-0.4, -0.2) is 38.0 Å². The molecule has 196 valence electrons. The van der Waals surface area contributed by atoms with Gasteiger partial charge in [-0.15, -0.1) is 0 Å². The van der Waals surface area contributed by atoms with Crippen LogP contribution in [0.15, 0.2) is 54.7 Å². The lowest BCUT2D eigenvalue weighted by Gasteiger charge is -2.43. The quantitative estimate of drug-likeness (QED) is 0.375. The van der Waals surface area contributed by atoms with Crippen molar-refractivity contribution in [2.75, 3.05) is 18.5 Å². The number of carbonyl (C=O) groups is 1. The van der Waals surface area contributed by atoms with E-state index in [1.807, 2.05) is 82.4 Å². The summed E-state index contributed by atoms with van der Waals surface area (Å²) in [5, 5.41) is 3.29. The number of anilines is 2. The Hall–Kier alpha value is -3.14. The number of amides is 1. The molecule has 1 aliphatic heterocycles. The summed E-state index contributed by atoms with van der Waals surface area (Å²) in [6.07, 6.45) is 3.52. The number of nitrogens with zero attached hydrogens (tertiary/aromatic N) is 2. The third kappa shape index (κ3) is 6.60. The van der Waals surface area contributed by atoms with Crippen molar-refractivity contribution < 1.29 is 13.7 Å². The average Bonchev–Trinajstić information content (AvgIpc) is 2.82. The van der Waals surface area contributed by atoms with E-state index in [-0.39, 0.29) is 17.1 Å². The highest BCUT2D eigenvalue weighted by atomic mass is 32.2. The summed E-state index contributed by atoms with van der Waals surface area (Å²) >= 11 is 0. The van der Waals surface area contributed by atoms with Gasteiger partial charge in [-0.2, -0.15) is 0 Å². The predicted octanol–water partition coefficient (Wildman–Crippen LogP) is 3.62. The number of primary amides is 1. The minimum atomic E-state index is -1.21. The first-order valence-electron chi connectivity index (χ1n) is 12.4. The zero-order valence-corrected chi connectivity index (χ0v) is 22.7. The minimum Gasteiger partial charge on any atom is -0.377 e. The van der Waals surface area contributed by atoms with Crippen molar-refractivity contribution in [3.05, 3.63) is 82.7 Å². The summed E-state index contributed by atoms with van der Waals surface area (Å²) in [7, 11) is -1.21. The van der Waals surface area contributed by atoms with Gasteiger partial charge in [0.05, 0.1) is 35.4 Å². The van der Waals surface area contributed by atoms with Crippen LogP contribution < -0.4 is 15.8 Å². The number of aromatic nitrogens is 2. The van der Waals surface area contributed by atoms with Crippen molar-refractivity contribution in [2.45, 2.75) is 57.2 Å². The van der Waals surface area contributed by atoms with E-state index in [0.29, 0.717) is 19.2 Å². The van der Waals surface area contributed by atoms with E-state index in [0.717, 1.165) is 46.5 Å². The fourth-order valence-electron chi connectivity index (χ4n) is 4.13. The van der Waals surface area contributed by atoms with Crippen molar-refractivity contribution in [1.29, 1.82) is 0 Å². The number of rotatable bonds is 10. The van der Waals surface area contributed by atoms with Gasteiger partial charge in [0.25, 0.3) is 0 Å². The number of nitrogens with one attached hydrogen (secondary N) is 2. The molecule has 1 amide bonds. The van der Waals surface area contributed by atoms with Crippen molar-refractivity contribution >= 4 is 28.5 Å². The smallest absolute Gasteiger partial charge is 0.227 e. The molecule has 4 N–H and O–H groups in total. The maximum absolute atomic E-state index is 12.7. The molecule has 0 aliphatic carbocycles. The van der Waals surface area contributed by atoms with Gasteiger partial charge in [-0.1, -0.05) is 36.4 Å². The molecule has 1 fully saturated rings. The minimum absolute atomic E-state index is 0.233. The van der Waals surface area contributed by atoms with Crippen molar-refractivity contribution in [3.63, 3.8) is 0 Å². The van der Waals surface area contributed by atoms with E-state index in [1.54, 1.807) is 0 Å². The first kappa shape index (κ1) is 26.9. The summed E-state index contributed by atoms with van der Waals surface area (Å²) in [6, 6.07) is 15.8. The Morgan fingerprint density at radius 2 is 1.76 bits per heavy atom. The number of carbonyl (C=O) groups excluding carboxylic acids is 1. The lowest BCUT2D eigenvalue weighted by atomic mass is 9.89. The van der Waals surface area contributed by atoms with E-state index in [4.69, 9.17) is 15.5 Å². The molecule has 0 radical (unpaired) electrons. The SMILES string of the molecule is Cc1cnc(Nc2ccc(C3(NS(=O)C(C)(C)C)COC3)cc2)nc1CCc1ccccc1CC(N)=O. The Morgan fingerprint density at radius 3 is 2.35 bits per heavy atom. The number of hydrogen-bond donors (Lipinski definition) is 3. The van der Waals surface area contributed by atoms with Gasteiger partial charge in [0.1, 0.15) is 5.54 Å². The molecule has 1 unspecified atom stereocenters. The van der Waals surface area contributed by atoms with Crippen LogP contribution in [-0.2, 0) is 45.3 Å². The lowest BCUT2D eigenvalue weighted by molar-refractivity contribution is -0.117. The molecule has 0 spiro atoms. The molecule has 1 atom stereocenters. The largest absolute Gasteiger partial charge is 0.377 e. The van der Waals surface area contributed by atoms with Crippen molar-refractivity contribution in [2.24, 2.45) is 5.73 Å². The molecule has 37 heavy (non-hydrogen) atoms. The second-order valence-electron chi connectivity index (χ2n) is 10.5. The molecule has 1 aliphatic rings. The molecular formula is C28H35N5O3S. The number of aryl methyl sites for hydroxylation is 3. The van der Waals surface area contributed by atoms with Crippen LogP contribution in [0.25, 0.3) is 0 Å². The van der Waals surface area contributed by atoms with Crippen molar-refractivity contribution in [1.82, 2.24) is 14.7 Å². The first-order chi connectivity index (χ1) is 17.6. The molecule has 4 rings (SSSR count). The zero-order chi connectivity index (χ0) is 26.6. The van der Waals surface area contributed by atoms with E-state index in [1.165, 1.54) is 0 Å². The standard InChI is InChI=1S/C28H35N5O3S/c1-19-16-30-26(32-24(19)14-9-20-7-5-6-8-21(20)15-25(29)34)31-23-12-10-22(11-13-23)28(17-36-18-28)33-37(35)27(2,3)4/h5-8,10-13,16,33H,9,14-15,17-18H2,1-4H3,(H2,29,34)(H,30,31,32). The van der Waals surface area contributed by atoms with Crippen LogP contribution in [0.2, 0.25) is 0 Å². The molecular weight excluding hydrogens is 486 g/mol. The van der Waals surface area contributed by atoms with Gasteiger partial charge < -0.3 is 15.8 Å². The van der Waals surface area contributed by atoms with Crippen LogP contribution in [0, 0.1) is 6.92 Å². The van der Waals surface area contributed by atoms with Gasteiger partial charge in [0, 0.05) is 17.6 Å². The van der Waals surface area contributed by atoms with Gasteiger partial charge in [-0.3, -0.25) is 4.79 Å². The molecule has 2 aromatic carbocycles. The van der Waals surface area contributed by atoms with Gasteiger partial charge in [0.15, 0.2) is 0 Å². The summed E-state index contributed by atoms with van der Waals surface area (Å²) in [5.41, 5.74) is 10.9. The lowest BCUT2D eigenvalue weighted by Crippen LogP contribution is -2.59. The summed E-state index contributed by atoms with van der Waals surface area (Å²) in [4.78, 5) is 20.6. The van der Waals surface area contributed by atoms with Gasteiger partial charge in [-0.25, -0.2) is 18.9 Å². The van der Waals surface area contributed by atoms with E-state index in [9.17, 15) is 9.00 Å². The number of ether oxygens (including phenoxy) is 1. The third-order valence-electron chi connectivity index (χ3n) is 6.43. The maximum atomic E-state index is 12.7. The Kier molecular flexibility index (Phi) is 8.06. The van der Waals surface area contributed by atoms with Gasteiger partial charge >= 0.3 is 0 Å². The zero-order valence-electron chi connectivity index (χ0n) is 21.8. The number of benzene rings is 2. The van der Waals surface area contributed by atoms with Crippen LogP contribution >= 0.6 is 0 Å². The second kappa shape index (κ2) is 11.1. The van der Waals surface area contributed by atoms with Gasteiger partial charge in [-0.05, 0) is 74.9 Å².